The summed E-state index contributed by atoms with van der Waals surface area (Å²) in [5.74, 6) is 0. The van der Waals surface area contributed by atoms with Gasteiger partial charge in [-0.15, -0.1) is 0 Å². The molecular formula is C27H27N3OS. The van der Waals surface area contributed by atoms with E-state index in [2.05, 4.69) is 39.5 Å². The van der Waals surface area contributed by atoms with Crippen molar-refractivity contribution < 1.29 is 0 Å². The van der Waals surface area contributed by atoms with E-state index in [9.17, 15) is 4.79 Å². The van der Waals surface area contributed by atoms with Gasteiger partial charge in [0.15, 0.2) is 5.11 Å². The van der Waals surface area contributed by atoms with Gasteiger partial charge < -0.3 is 15.2 Å². The van der Waals surface area contributed by atoms with Crippen molar-refractivity contribution in [2.75, 3.05) is 6.54 Å². The summed E-state index contributed by atoms with van der Waals surface area (Å²) in [7, 11) is 0. The van der Waals surface area contributed by atoms with Gasteiger partial charge in [-0.3, -0.25) is 4.79 Å². The second-order valence-corrected chi connectivity index (χ2v) is 8.36. The van der Waals surface area contributed by atoms with E-state index in [0.717, 1.165) is 35.0 Å². The number of hydrogen-bond donors (Lipinski definition) is 2. The Balaban J connectivity index is 1.54. The molecule has 4 rings (SSSR count). The Morgan fingerprint density at radius 3 is 2.31 bits per heavy atom. The maximum Gasteiger partial charge on any atom is 0.253 e. The molecule has 0 amide bonds. The molecule has 0 aliphatic heterocycles. The zero-order valence-electron chi connectivity index (χ0n) is 18.2. The van der Waals surface area contributed by atoms with Crippen LogP contribution in [0.2, 0.25) is 0 Å². The normalized spacial score (nSPS) is 10.8. The molecule has 0 spiro atoms. The lowest BCUT2D eigenvalue weighted by molar-refractivity contribution is 0.398. The number of nitrogens with zero attached hydrogens (tertiary/aromatic N) is 1. The fraction of sp³-hybridized carbons (Fsp3) is 0.185. The van der Waals surface area contributed by atoms with E-state index in [1.807, 2.05) is 67.6 Å². The highest BCUT2D eigenvalue weighted by molar-refractivity contribution is 7.80. The Bertz CT molecular complexity index is 1250. The van der Waals surface area contributed by atoms with Crippen LogP contribution >= 0.6 is 12.2 Å². The predicted octanol–water partition coefficient (Wildman–Crippen LogP) is 4.96. The lowest BCUT2D eigenvalue weighted by Gasteiger charge is -2.26. The number of nitrogens with one attached hydrogen (secondary N) is 2. The number of benzene rings is 3. The molecule has 0 fully saturated rings. The van der Waals surface area contributed by atoms with Gasteiger partial charge >= 0.3 is 0 Å². The molecule has 0 saturated heterocycles. The van der Waals surface area contributed by atoms with Gasteiger partial charge in [-0.05, 0) is 53.7 Å². The van der Waals surface area contributed by atoms with Gasteiger partial charge in [-0.1, -0.05) is 78.9 Å². The van der Waals surface area contributed by atoms with Crippen molar-refractivity contribution in [3.05, 3.63) is 118 Å². The van der Waals surface area contributed by atoms with Gasteiger partial charge in [0.25, 0.3) is 5.56 Å². The Morgan fingerprint density at radius 1 is 0.906 bits per heavy atom. The summed E-state index contributed by atoms with van der Waals surface area (Å²) in [4.78, 5) is 18.0. The lowest BCUT2D eigenvalue weighted by Crippen LogP contribution is -2.40. The van der Waals surface area contributed by atoms with Crippen molar-refractivity contribution in [1.82, 2.24) is 15.2 Å². The number of H-pyrrole nitrogens is 1. The number of aromatic amines is 1. The zero-order chi connectivity index (χ0) is 22.3. The Morgan fingerprint density at radius 2 is 1.59 bits per heavy atom. The molecule has 0 aliphatic rings. The van der Waals surface area contributed by atoms with Gasteiger partial charge in [-0.2, -0.15) is 0 Å². The number of hydrogen-bond acceptors (Lipinski definition) is 2. The van der Waals surface area contributed by atoms with Crippen LogP contribution in [0.15, 0.2) is 89.7 Å². The Hall–Kier alpha value is -3.44. The Kier molecular flexibility index (Phi) is 6.97. The summed E-state index contributed by atoms with van der Waals surface area (Å²) in [5, 5.41) is 5.06. The van der Waals surface area contributed by atoms with Crippen LogP contribution in [-0.4, -0.2) is 21.5 Å². The average molecular weight is 442 g/mol. The molecule has 5 heteroatoms. The molecule has 4 nitrogen and oxygen atoms in total. The van der Waals surface area contributed by atoms with Crippen LogP contribution in [0, 0.1) is 6.92 Å². The maximum atomic E-state index is 12.8. The second kappa shape index (κ2) is 10.2. The topological polar surface area (TPSA) is 48.1 Å². The van der Waals surface area contributed by atoms with E-state index in [4.69, 9.17) is 12.2 Å². The van der Waals surface area contributed by atoms with Crippen molar-refractivity contribution in [2.24, 2.45) is 0 Å². The molecule has 0 unspecified atom stereocenters. The van der Waals surface area contributed by atoms with E-state index in [1.54, 1.807) is 0 Å². The first kappa shape index (κ1) is 21.8. The van der Waals surface area contributed by atoms with Crippen LogP contribution in [0.1, 0.15) is 22.3 Å². The minimum absolute atomic E-state index is 0.0723. The van der Waals surface area contributed by atoms with Crippen LogP contribution in [0.5, 0.6) is 0 Å². The van der Waals surface area contributed by atoms with E-state index in [-0.39, 0.29) is 5.56 Å². The molecule has 3 aromatic carbocycles. The smallest absolute Gasteiger partial charge is 0.253 e. The van der Waals surface area contributed by atoms with Gasteiger partial charge in [0.2, 0.25) is 0 Å². The van der Waals surface area contributed by atoms with E-state index in [1.165, 1.54) is 5.56 Å². The fourth-order valence-electron chi connectivity index (χ4n) is 3.83. The molecule has 0 atom stereocenters. The van der Waals surface area contributed by atoms with E-state index >= 15 is 0 Å². The number of aromatic nitrogens is 1. The summed E-state index contributed by atoms with van der Waals surface area (Å²) >= 11 is 5.75. The van der Waals surface area contributed by atoms with Gasteiger partial charge in [0.05, 0.1) is 12.1 Å². The summed E-state index contributed by atoms with van der Waals surface area (Å²) in [5.41, 5.74) is 4.99. The van der Waals surface area contributed by atoms with Crippen LogP contribution in [-0.2, 0) is 19.5 Å². The van der Waals surface area contributed by atoms with Gasteiger partial charge in [0.1, 0.15) is 0 Å². The SMILES string of the molecule is Cc1cccc2cc(CN(Cc3ccccc3)C(=S)NCCc3ccccc3)c(=O)[nH]c12. The molecule has 1 aromatic heterocycles. The highest BCUT2D eigenvalue weighted by Gasteiger charge is 2.14. The first-order chi connectivity index (χ1) is 15.6. The van der Waals surface area contributed by atoms with Crippen molar-refractivity contribution >= 4 is 28.2 Å². The fourth-order valence-corrected chi connectivity index (χ4v) is 4.06. The maximum absolute atomic E-state index is 12.8. The van der Waals surface area contributed by atoms with E-state index < -0.39 is 0 Å². The monoisotopic (exact) mass is 441 g/mol. The minimum atomic E-state index is -0.0723. The third-order valence-corrected chi connectivity index (χ3v) is 5.96. The zero-order valence-corrected chi connectivity index (χ0v) is 19.0. The van der Waals surface area contributed by atoms with Crippen molar-refractivity contribution in [1.29, 1.82) is 0 Å². The van der Waals surface area contributed by atoms with Gasteiger partial charge in [0, 0.05) is 18.7 Å². The molecule has 4 aromatic rings. The standard InChI is InChI=1S/C27H27N3OS/c1-20-9-8-14-23-17-24(26(31)29-25(20)23)19-30(18-22-12-6-3-7-13-22)27(32)28-16-15-21-10-4-2-5-11-21/h2-14,17H,15-16,18-19H2,1H3,(H,28,32)(H,29,31). The number of thiocarbonyl (C=S) groups is 1. The average Bonchev–Trinajstić information content (AvgIpc) is 2.81. The van der Waals surface area contributed by atoms with Crippen molar-refractivity contribution in [2.45, 2.75) is 26.4 Å². The number of fused-ring (bicyclic) bond motifs is 1. The van der Waals surface area contributed by atoms with Crippen molar-refractivity contribution in [3.8, 4) is 0 Å². The highest BCUT2D eigenvalue weighted by Crippen LogP contribution is 2.17. The Labute approximate surface area is 193 Å². The summed E-state index contributed by atoms with van der Waals surface area (Å²) in [6.45, 7) is 3.81. The van der Waals surface area contributed by atoms with Crippen LogP contribution in [0.25, 0.3) is 10.9 Å². The van der Waals surface area contributed by atoms with E-state index in [0.29, 0.717) is 23.8 Å². The third-order valence-electron chi connectivity index (χ3n) is 5.56. The number of aryl methyl sites for hydroxylation is 1. The van der Waals surface area contributed by atoms with Gasteiger partial charge in [-0.25, -0.2) is 0 Å². The number of rotatable bonds is 7. The summed E-state index contributed by atoms with van der Waals surface area (Å²) in [6.07, 6.45) is 0.885. The highest BCUT2D eigenvalue weighted by atomic mass is 32.1. The quantitative estimate of drug-likeness (QED) is 0.398. The first-order valence-corrected chi connectivity index (χ1v) is 11.2. The summed E-state index contributed by atoms with van der Waals surface area (Å²) < 4.78 is 0. The third kappa shape index (κ3) is 5.42. The molecule has 0 saturated carbocycles. The molecular weight excluding hydrogens is 414 g/mol. The number of para-hydroxylation sites is 1. The van der Waals surface area contributed by atoms with Crippen molar-refractivity contribution in [3.63, 3.8) is 0 Å². The van der Waals surface area contributed by atoms with Crippen LogP contribution in [0.4, 0.5) is 0 Å². The van der Waals surface area contributed by atoms with Crippen LogP contribution < -0.4 is 10.9 Å². The minimum Gasteiger partial charge on any atom is -0.362 e. The lowest BCUT2D eigenvalue weighted by atomic mass is 10.1. The molecule has 1 heterocycles. The van der Waals surface area contributed by atoms with Crippen LogP contribution in [0.3, 0.4) is 0 Å². The largest absolute Gasteiger partial charge is 0.362 e. The molecule has 0 radical (unpaired) electrons. The molecule has 0 aliphatic carbocycles. The first-order valence-electron chi connectivity index (χ1n) is 10.8. The second-order valence-electron chi connectivity index (χ2n) is 7.97. The predicted molar refractivity (Wildman–Crippen MR) is 136 cm³/mol. The molecule has 0 bridgehead atoms. The summed E-state index contributed by atoms with van der Waals surface area (Å²) in [6, 6.07) is 28.6. The molecule has 2 N–H and O–H groups in total. The molecule has 162 valence electrons. The molecule has 32 heavy (non-hydrogen) atoms. The number of pyridine rings is 1.